The highest BCUT2D eigenvalue weighted by Crippen LogP contribution is 2.14. The van der Waals surface area contributed by atoms with Crippen molar-refractivity contribution < 1.29 is 0 Å². The zero-order valence-electron chi connectivity index (χ0n) is 6.05. The fourth-order valence-corrected chi connectivity index (χ4v) is 1.25. The Bertz CT molecular complexity index is 218. The lowest BCUT2D eigenvalue weighted by atomic mass is 10.2. The summed E-state index contributed by atoms with van der Waals surface area (Å²) in [6.45, 7) is 0. The third-order valence-corrected chi connectivity index (χ3v) is 1.78. The Labute approximate surface area is 74.2 Å². The van der Waals surface area contributed by atoms with Crippen LogP contribution in [-0.4, -0.2) is 5.84 Å². The third-order valence-electron chi connectivity index (χ3n) is 1.28. The van der Waals surface area contributed by atoms with Crippen LogP contribution in [0.3, 0.4) is 0 Å². The summed E-state index contributed by atoms with van der Waals surface area (Å²) < 4.78 is 0.886. The number of hydrogen-bond donors (Lipinski definition) is 2. The fraction of sp³-hybridized carbons (Fsp3) is 0.286. The Hall–Kier alpha value is -0.770. The highest BCUT2D eigenvalue weighted by Gasteiger charge is 2.02. The van der Waals surface area contributed by atoms with Gasteiger partial charge in [0.15, 0.2) is 0 Å². The van der Waals surface area contributed by atoms with Crippen molar-refractivity contribution in [3.63, 3.8) is 0 Å². The number of nitrogens with zero attached hydrogens (tertiary/aromatic N) is 1. The van der Waals surface area contributed by atoms with E-state index >= 15 is 0 Å². The van der Waals surface area contributed by atoms with Crippen molar-refractivity contribution in [2.45, 2.75) is 12.8 Å². The Morgan fingerprint density at radius 2 is 2.55 bits per heavy atom. The van der Waals surface area contributed by atoms with E-state index < -0.39 is 0 Å². The van der Waals surface area contributed by atoms with Crippen molar-refractivity contribution in [2.24, 2.45) is 10.7 Å². The monoisotopic (exact) mass is 215 g/mol. The molecule has 1 aliphatic rings. The highest BCUT2D eigenvalue weighted by molar-refractivity contribution is 9.11. The van der Waals surface area contributed by atoms with E-state index in [0.717, 1.165) is 23.3 Å². The van der Waals surface area contributed by atoms with E-state index in [2.05, 4.69) is 26.2 Å². The van der Waals surface area contributed by atoms with Gasteiger partial charge in [0.1, 0.15) is 10.4 Å². The molecule has 0 amide bonds. The van der Waals surface area contributed by atoms with Gasteiger partial charge in [-0.15, -0.1) is 0 Å². The van der Waals surface area contributed by atoms with E-state index in [1.807, 2.05) is 6.08 Å². The molecule has 3 N–H and O–H groups in total. The summed E-state index contributed by atoms with van der Waals surface area (Å²) in [5.41, 5.74) is 5.16. The molecule has 0 aromatic carbocycles. The first-order valence-electron chi connectivity index (χ1n) is 3.39. The number of halogens is 1. The van der Waals surface area contributed by atoms with Gasteiger partial charge in [0.2, 0.25) is 0 Å². The molecule has 0 spiro atoms. The summed E-state index contributed by atoms with van der Waals surface area (Å²) in [5, 5.41) is 2.98. The summed E-state index contributed by atoms with van der Waals surface area (Å²) in [5.74, 6) is 0.945. The van der Waals surface area contributed by atoms with Gasteiger partial charge in [-0.05, 0) is 22.4 Å². The number of nitrogens with one attached hydrogen (secondary N) is 1. The summed E-state index contributed by atoms with van der Waals surface area (Å²) in [7, 11) is 0. The molecular formula is C7H10BrN3. The Kier molecular flexibility index (Phi) is 3.16. The van der Waals surface area contributed by atoms with Crippen molar-refractivity contribution >= 4 is 21.8 Å². The molecule has 1 rings (SSSR count). The van der Waals surface area contributed by atoms with Gasteiger partial charge >= 0.3 is 0 Å². The Morgan fingerprint density at radius 1 is 1.73 bits per heavy atom. The lowest BCUT2D eigenvalue weighted by molar-refractivity contribution is 0.997. The van der Waals surface area contributed by atoms with Crippen LogP contribution in [0.4, 0.5) is 0 Å². The molecule has 0 fully saturated rings. The predicted octanol–water partition coefficient (Wildman–Crippen LogP) is 1.43. The maximum atomic E-state index is 5.16. The molecule has 0 aromatic rings. The van der Waals surface area contributed by atoms with E-state index in [0.29, 0.717) is 0 Å². The van der Waals surface area contributed by atoms with Crippen LogP contribution in [0.5, 0.6) is 0 Å². The molecule has 0 radical (unpaired) electrons. The SMILES string of the molecule is N/C=C\NC1=NC(Br)=CCC1. The van der Waals surface area contributed by atoms with Crippen molar-refractivity contribution in [3.8, 4) is 0 Å². The van der Waals surface area contributed by atoms with Crippen LogP contribution in [0.25, 0.3) is 0 Å². The lowest BCUT2D eigenvalue weighted by Gasteiger charge is -2.08. The normalized spacial score (nSPS) is 17.9. The second kappa shape index (κ2) is 4.18. The minimum atomic E-state index is 0.886. The van der Waals surface area contributed by atoms with Gasteiger partial charge in [0.25, 0.3) is 0 Å². The van der Waals surface area contributed by atoms with E-state index in [-0.39, 0.29) is 0 Å². The number of hydrogen-bond acceptors (Lipinski definition) is 3. The van der Waals surface area contributed by atoms with Gasteiger partial charge < -0.3 is 11.1 Å². The molecule has 3 nitrogen and oxygen atoms in total. The molecule has 0 saturated heterocycles. The van der Waals surface area contributed by atoms with Crippen LogP contribution in [0, 0.1) is 0 Å². The average molecular weight is 216 g/mol. The second-order valence-corrected chi connectivity index (χ2v) is 2.94. The first kappa shape index (κ1) is 8.33. The van der Waals surface area contributed by atoms with Gasteiger partial charge in [0.05, 0.1) is 0 Å². The van der Waals surface area contributed by atoms with Gasteiger partial charge in [0, 0.05) is 18.8 Å². The Balaban J connectivity index is 2.51. The molecule has 4 heteroatoms. The van der Waals surface area contributed by atoms with Crippen molar-refractivity contribution in [2.75, 3.05) is 0 Å². The van der Waals surface area contributed by atoms with Crippen LogP contribution < -0.4 is 11.1 Å². The molecule has 0 unspecified atom stereocenters. The first-order chi connectivity index (χ1) is 5.33. The van der Waals surface area contributed by atoms with Gasteiger partial charge in [-0.1, -0.05) is 6.08 Å². The van der Waals surface area contributed by atoms with Gasteiger partial charge in [-0.3, -0.25) is 0 Å². The summed E-state index contributed by atoms with van der Waals surface area (Å²) in [6.07, 6.45) is 7.13. The van der Waals surface area contributed by atoms with Crippen LogP contribution in [0.15, 0.2) is 28.1 Å². The molecule has 60 valence electrons. The first-order valence-corrected chi connectivity index (χ1v) is 4.19. The van der Waals surface area contributed by atoms with Crippen LogP contribution >= 0.6 is 15.9 Å². The molecule has 1 heterocycles. The Morgan fingerprint density at radius 3 is 3.18 bits per heavy atom. The topological polar surface area (TPSA) is 50.4 Å². The van der Waals surface area contributed by atoms with E-state index in [9.17, 15) is 0 Å². The van der Waals surface area contributed by atoms with Crippen LogP contribution in [0.2, 0.25) is 0 Å². The van der Waals surface area contributed by atoms with Crippen molar-refractivity contribution in [1.82, 2.24) is 5.32 Å². The van der Waals surface area contributed by atoms with Crippen molar-refractivity contribution in [1.29, 1.82) is 0 Å². The molecule has 0 aliphatic carbocycles. The molecular weight excluding hydrogens is 206 g/mol. The minimum absolute atomic E-state index is 0.886. The summed E-state index contributed by atoms with van der Waals surface area (Å²) in [6, 6.07) is 0. The number of allylic oxidation sites excluding steroid dienone is 1. The largest absolute Gasteiger partial charge is 0.403 e. The molecule has 0 saturated carbocycles. The fourth-order valence-electron chi connectivity index (χ4n) is 0.807. The smallest absolute Gasteiger partial charge is 0.107 e. The zero-order chi connectivity index (χ0) is 8.10. The van der Waals surface area contributed by atoms with E-state index in [1.54, 1.807) is 6.20 Å². The van der Waals surface area contributed by atoms with Gasteiger partial charge in [-0.2, -0.15) is 0 Å². The molecule has 11 heavy (non-hydrogen) atoms. The average Bonchev–Trinajstić information content (AvgIpc) is 2.01. The quantitative estimate of drug-likeness (QED) is 0.651. The second-order valence-electron chi connectivity index (χ2n) is 2.13. The van der Waals surface area contributed by atoms with Gasteiger partial charge in [-0.25, -0.2) is 4.99 Å². The predicted molar refractivity (Wildman–Crippen MR) is 50.1 cm³/mol. The van der Waals surface area contributed by atoms with Crippen molar-refractivity contribution in [3.05, 3.63) is 23.1 Å². The van der Waals surface area contributed by atoms with E-state index in [4.69, 9.17) is 5.73 Å². The summed E-state index contributed by atoms with van der Waals surface area (Å²) in [4.78, 5) is 4.20. The number of nitrogens with two attached hydrogens (primary N) is 1. The molecule has 1 aliphatic heterocycles. The third kappa shape index (κ3) is 2.76. The standard InChI is InChI=1S/C7H10BrN3/c8-6-2-1-3-7(11-6)10-5-4-9/h2,4-5H,1,3,9H2,(H,10,11)/b5-4-. The van der Waals surface area contributed by atoms with Crippen LogP contribution in [0.1, 0.15) is 12.8 Å². The lowest BCUT2D eigenvalue weighted by Crippen LogP contribution is -2.18. The molecule has 0 atom stereocenters. The maximum Gasteiger partial charge on any atom is 0.107 e. The minimum Gasteiger partial charge on any atom is -0.403 e. The highest BCUT2D eigenvalue weighted by atomic mass is 79.9. The van der Waals surface area contributed by atoms with E-state index in [1.165, 1.54) is 6.20 Å². The number of rotatable bonds is 1. The molecule has 0 bridgehead atoms. The maximum absolute atomic E-state index is 5.16. The van der Waals surface area contributed by atoms with Crippen LogP contribution in [-0.2, 0) is 0 Å². The number of amidine groups is 1. The summed E-state index contributed by atoms with van der Waals surface area (Å²) >= 11 is 3.30. The molecule has 0 aromatic heterocycles. The number of aliphatic imine (C=N–C) groups is 1. The zero-order valence-corrected chi connectivity index (χ0v) is 7.63.